The third kappa shape index (κ3) is 2.25. The molecule has 0 spiro atoms. The highest BCUT2D eigenvalue weighted by Gasteiger charge is 2.15. The number of nitrogens with two attached hydrogens (primary N) is 1. The van der Waals surface area contributed by atoms with Crippen LogP contribution < -0.4 is 10.5 Å². The molecular weight excluding hydrogens is 225 g/mol. The number of benzene rings is 1. The molecule has 5 nitrogen and oxygen atoms in total. The minimum absolute atomic E-state index is 0.178. The van der Waals surface area contributed by atoms with E-state index in [9.17, 15) is 9.18 Å². The van der Waals surface area contributed by atoms with Crippen LogP contribution in [0.15, 0.2) is 30.5 Å². The predicted molar refractivity (Wildman–Crippen MR) is 59.0 cm³/mol. The van der Waals surface area contributed by atoms with E-state index in [0.29, 0.717) is 0 Å². The van der Waals surface area contributed by atoms with Gasteiger partial charge in [-0.05, 0) is 24.3 Å². The molecule has 1 aromatic carbocycles. The topological polar surface area (TPSA) is 70.1 Å². The van der Waals surface area contributed by atoms with E-state index in [1.165, 1.54) is 35.1 Å². The summed E-state index contributed by atoms with van der Waals surface area (Å²) in [5.41, 5.74) is 5.80. The fraction of sp³-hybridized carbons (Fsp3) is 0.0909. The first-order valence-electron chi connectivity index (χ1n) is 4.83. The zero-order chi connectivity index (χ0) is 12.4. The molecule has 0 bridgehead atoms. The molecule has 1 heterocycles. The third-order valence-corrected chi connectivity index (χ3v) is 2.23. The van der Waals surface area contributed by atoms with Gasteiger partial charge < -0.3 is 10.5 Å². The van der Waals surface area contributed by atoms with Crippen molar-refractivity contribution in [3.8, 4) is 5.75 Å². The zero-order valence-corrected chi connectivity index (χ0v) is 9.05. The van der Waals surface area contributed by atoms with Gasteiger partial charge in [-0.3, -0.25) is 4.68 Å². The number of hydrogen-bond acceptors (Lipinski definition) is 4. The van der Waals surface area contributed by atoms with Crippen molar-refractivity contribution in [3.63, 3.8) is 0 Å². The third-order valence-electron chi connectivity index (χ3n) is 2.23. The zero-order valence-electron chi connectivity index (χ0n) is 9.05. The number of nitrogen functional groups attached to an aromatic ring is 1. The number of hydrogen-bond donors (Lipinski definition) is 1. The molecular formula is C11H10FN3O2. The summed E-state index contributed by atoms with van der Waals surface area (Å²) < 4.78 is 19.0. The fourth-order valence-electron chi connectivity index (χ4n) is 1.27. The number of nitrogens with zero attached hydrogens (tertiary/aromatic N) is 2. The lowest BCUT2D eigenvalue weighted by atomic mass is 10.3. The highest BCUT2D eigenvalue weighted by Crippen LogP contribution is 2.16. The Bertz CT molecular complexity index is 548. The van der Waals surface area contributed by atoms with Crippen LogP contribution in [0.2, 0.25) is 0 Å². The van der Waals surface area contributed by atoms with Gasteiger partial charge in [0.1, 0.15) is 22.9 Å². The van der Waals surface area contributed by atoms with Gasteiger partial charge in [0.25, 0.3) is 0 Å². The van der Waals surface area contributed by atoms with Gasteiger partial charge in [0.15, 0.2) is 0 Å². The number of aromatic nitrogens is 2. The van der Waals surface area contributed by atoms with E-state index >= 15 is 0 Å². The minimum Gasteiger partial charge on any atom is -0.423 e. The lowest BCUT2D eigenvalue weighted by Crippen LogP contribution is -2.11. The summed E-state index contributed by atoms with van der Waals surface area (Å²) in [7, 11) is 1.62. The first-order chi connectivity index (χ1) is 8.08. The van der Waals surface area contributed by atoms with Gasteiger partial charge >= 0.3 is 5.97 Å². The van der Waals surface area contributed by atoms with Gasteiger partial charge in [0.05, 0.1) is 6.20 Å². The van der Waals surface area contributed by atoms with Crippen LogP contribution in [-0.4, -0.2) is 15.7 Å². The van der Waals surface area contributed by atoms with Gasteiger partial charge in [-0.25, -0.2) is 9.18 Å². The summed E-state index contributed by atoms with van der Waals surface area (Å²) in [6, 6.07) is 5.13. The molecule has 0 saturated carbocycles. The van der Waals surface area contributed by atoms with Crippen LogP contribution in [0.4, 0.5) is 10.2 Å². The second kappa shape index (κ2) is 4.25. The van der Waals surface area contributed by atoms with Crippen LogP contribution in [0.1, 0.15) is 10.4 Å². The van der Waals surface area contributed by atoms with Crippen molar-refractivity contribution >= 4 is 11.8 Å². The van der Waals surface area contributed by atoms with E-state index in [0.717, 1.165) is 0 Å². The molecule has 0 aliphatic heterocycles. The number of esters is 1. The van der Waals surface area contributed by atoms with Gasteiger partial charge in [-0.2, -0.15) is 5.10 Å². The van der Waals surface area contributed by atoms with Crippen LogP contribution in [0, 0.1) is 5.82 Å². The average molecular weight is 235 g/mol. The smallest absolute Gasteiger partial charge is 0.348 e. The average Bonchev–Trinajstić information content (AvgIpc) is 2.63. The number of rotatable bonds is 2. The Labute approximate surface area is 96.6 Å². The van der Waals surface area contributed by atoms with Crippen molar-refractivity contribution in [2.75, 3.05) is 5.73 Å². The predicted octanol–water partition coefficient (Wildman–Crippen LogP) is 1.36. The number of halogens is 1. The Morgan fingerprint density at radius 3 is 2.59 bits per heavy atom. The fourth-order valence-corrected chi connectivity index (χ4v) is 1.27. The highest BCUT2D eigenvalue weighted by molar-refractivity contribution is 5.95. The summed E-state index contributed by atoms with van der Waals surface area (Å²) in [5, 5.41) is 3.82. The summed E-state index contributed by atoms with van der Waals surface area (Å²) in [4.78, 5) is 11.7. The largest absolute Gasteiger partial charge is 0.423 e. The van der Waals surface area contributed by atoms with Crippen molar-refractivity contribution in [2.45, 2.75) is 0 Å². The lowest BCUT2D eigenvalue weighted by molar-refractivity contribution is 0.0735. The van der Waals surface area contributed by atoms with E-state index in [1.54, 1.807) is 7.05 Å². The van der Waals surface area contributed by atoms with Gasteiger partial charge in [-0.15, -0.1) is 0 Å². The van der Waals surface area contributed by atoms with Gasteiger partial charge in [-0.1, -0.05) is 0 Å². The Morgan fingerprint density at radius 1 is 1.41 bits per heavy atom. The van der Waals surface area contributed by atoms with E-state index in [1.807, 2.05) is 0 Å². The van der Waals surface area contributed by atoms with Gasteiger partial charge in [0.2, 0.25) is 0 Å². The molecule has 6 heteroatoms. The summed E-state index contributed by atoms with van der Waals surface area (Å²) in [6.07, 6.45) is 1.32. The number of anilines is 1. The van der Waals surface area contributed by atoms with Gasteiger partial charge in [0, 0.05) is 7.05 Å². The van der Waals surface area contributed by atoms with Crippen molar-refractivity contribution in [3.05, 3.63) is 41.8 Å². The van der Waals surface area contributed by atoms with Crippen molar-refractivity contribution in [1.82, 2.24) is 9.78 Å². The molecule has 1 aromatic heterocycles. The maximum atomic E-state index is 12.6. The Balaban J connectivity index is 2.17. The Kier molecular flexibility index (Phi) is 2.78. The summed E-state index contributed by atoms with van der Waals surface area (Å²) in [6.45, 7) is 0. The first-order valence-corrected chi connectivity index (χ1v) is 4.83. The normalized spacial score (nSPS) is 10.2. The maximum absolute atomic E-state index is 12.6. The van der Waals surface area contributed by atoms with Crippen LogP contribution in [0.3, 0.4) is 0 Å². The molecule has 0 aliphatic carbocycles. The van der Waals surface area contributed by atoms with Crippen molar-refractivity contribution < 1.29 is 13.9 Å². The van der Waals surface area contributed by atoms with Crippen LogP contribution in [-0.2, 0) is 7.05 Å². The standard InChI is InChI=1S/C11H10FN3O2/c1-15-10(13)9(6-14-15)11(16)17-8-4-2-7(12)3-5-8/h2-6H,13H2,1H3. The Morgan fingerprint density at radius 2 is 2.06 bits per heavy atom. The summed E-state index contributed by atoms with van der Waals surface area (Å²) in [5.74, 6) is -0.551. The van der Waals surface area contributed by atoms with E-state index < -0.39 is 11.8 Å². The van der Waals surface area contributed by atoms with Crippen LogP contribution in [0.5, 0.6) is 5.75 Å². The highest BCUT2D eigenvalue weighted by atomic mass is 19.1. The second-order valence-electron chi connectivity index (χ2n) is 3.41. The minimum atomic E-state index is -0.623. The lowest BCUT2D eigenvalue weighted by Gasteiger charge is -2.03. The summed E-state index contributed by atoms with van der Waals surface area (Å²) >= 11 is 0. The monoisotopic (exact) mass is 235 g/mol. The molecule has 0 atom stereocenters. The van der Waals surface area contributed by atoms with Crippen molar-refractivity contribution in [1.29, 1.82) is 0 Å². The van der Waals surface area contributed by atoms with Crippen molar-refractivity contribution in [2.24, 2.45) is 7.05 Å². The molecule has 2 rings (SSSR count). The molecule has 0 saturated heterocycles. The second-order valence-corrected chi connectivity index (χ2v) is 3.41. The number of ether oxygens (including phenoxy) is 1. The van der Waals surface area contributed by atoms with E-state index in [4.69, 9.17) is 10.5 Å². The molecule has 0 unspecified atom stereocenters. The quantitative estimate of drug-likeness (QED) is 0.630. The molecule has 0 aliphatic rings. The number of carbonyl (C=O) groups is 1. The van der Waals surface area contributed by atoms with E-state index in [-0.39, 0.29) is 17.1 Å². The SMILES string of the molecule is Cn1ncc(C(=O)Oc2ccc(F)cc2)c1N. The molecule has 0 amide bonds. The van der Waals surface area contributed by atoms with E-state index in [2.05, 4.69) is 5.10 Å². The van der Waals surface area contributed by atoms with Crippen LogP contribution >= 0.6 is 0 Å². The molecule has 2 aromatic rings. The number of carbonyl (C=O) groups excluding carboxylic acids is 1. The number of aryl methyl sites for hydroxylation is 1. The molecule has 88 valence electrons. The molecule has 0 fully saturated rings. The maximum Gasteiger partial charge on any atom is 0.348 e. The molecule has 0 radical (unpaired) electrons. The first kappa shape index (κ1) is 11.1. The molecule has 17 heavy (non-hydrogen) atoms. The molecule has 2 N–H and O–H groups in total. The van der Waals surface area contributed by atoms with Crippen LogP contribution in [0.25, 0.3) is 0 Å². The Hall–Kier alpha value is -2.37.